The lowest BCUT2D eigenvalue weighted by Crippen LogP contribution is -2.35. The SMILES string of the molecule is CCOC(=O)C1(C(=O)OCC)[C@@H](c2cccc(Cl)c2)[C@@H]1S(=O)(=O)c1ccc(C)cc1. The Hall–Kier alpha value is -2.38. The van der Waals surface area contributed by atoms with Gasteiger partial charge in [-0.2, -0.15) is 0 Å². The van der Waals surface area contributed by atoms with Crippen LogP contribution in [-0.4, -0.2) is 38.8 Å². The van der Waals surface area contributed by atoms with Gasteiger partial charge in [-0.1, -0.05) is 41.4 Å². The standard InChI is InChI=1S/C22H23ClO6S/c1-4-28-20(24)22(21(25)29-5-2)18(15-7-6-8-16(23)13-15)19(22)30(26,27)17-11-9-14(3)10-12-17/h6-13,18-19H,4-5H2,1-3H3/t18-,19-/m0/s1. The maximum atomic E-state index is 13.6. The van der Waals surface area contributed by atoms with Crippen molar-refractivity contribution in [2.45, 2.75) is 36.8 Å². The number of halogens is 1. The van der Waals surface area contributed by atoms with E-state index in [1.165, 1.54) is 12.1 Å². The largest absolute Gasteiger partial charge is 0.465 e. The van der Waals surface area contributed by atoms with Gasteiger partial charge in [0.15, 0.2) is 15.3 Å². The van der Waals surface area contributed by atoms with Crippen LogP contribution in [0.15, 0.2) is 53.4 Å². The van der Waals surface area contributed by atoms with Crippen molar-refractivity contribution in [2.24, 2.45) is 5.41 Å². The molecule has 0 aliphatic heterocycles. The maximum Gasteiger partial charge on any atom is 0.325 e. The third-order valence-electron chi connectivity index (χ3n) is 5.25. The van der Waals surface area contributed by atoms with E-state index in [1.54, 1.807) is 50.2 Å². The lowest BCUT2D eigenvalue weighted by Gasteiger charge is -2.15. The van der Waals surface area contributed by atoms with Crippen LogP contribution in [0.1, 0.15) is 30.9 Å². The van der Waals surface area contributed by atoms with Gasteiger partial charge in [-0.3, -0.25) is 9.59 Å². The fraction of sp³-hybridized carbons (Fsp3) is 0.364. The van der Waals surface area contributed by atoms with Gasteiger partial charge in [0.25, 0.3) is 0 Å². The molecule has 0 amide bonds. The lowest BCUT2D eigenvalue weighted by atomic mass is 9.99. The highest BCUT2D eigenvalue weighted by Gasteiger charge is 2.81. The summed E-state index contributed by atoms with van der Waals surface area (Å²) in [5.74, 6) is -2.79. The third kappa shape index (κ3) is 3.61. The molecule has 8 heteroatoms. The van der Waals surface area contributed by atoms with Crippen LogP contribution in [0.3, 0.4) is 0 Å². The summed E-state index contributed by atoms with van der Waals surface area (Å²) in [7, 11) is -4.07. The molecule has 1 saturated carbocycles. The summed E-state index contributed by atoms with van der Waals surface area (Å²) in [5, 5.41) is -0.989. The van der Waals surface area contributed by atoms with Gasteiger partial charge in [0.1, 0.15) is 5.25 Å². The summed E-state index contributed by atoms with van der Waals surface area (Å²) in [6.45, 7) is 5.02. The number of carbonyl (C=O) groups is 2. The Morgan fingerprint density at radius 1 is 1.00 bits per heavy atom. The fourth-order valence-electron chi connectivity index (χ4n) is 3.86. The minimum atomic E-state index is -4.07. The number of esters is 2. The van der Waals surface area contributed by atoms with E-state index in [1.807, 2.05) is 6.92 Å². The van der Waals surface area contributed by atoms with Crippen molar-refractivity contribution in [1.82, 2.24) is 0 Å². The first kappa shape index (κ1) is 22.3. The molecule has 0 radical (unpaired) electrons. The highest BCUT2D eigenvalue weighted by Crippen LogP contribution is 2.65. The topological polar surface area (TPSA) is 86.7 Å². The van der Waals surface area contributed by atoms with Crippen LogP contribution in [0.5, 0.6) is 0 Å². The van der Waals surface area contributed by atoms with Gasteiger partial charge >= 0.3 is 11.9 Å². The zero-order valence-electron chi connectivity index (χ0n) is 16.9. The molecule has 2 atom stereocenters. The Kier molecular flexibility index (Phi) is 6.24. The number of aryl methyl sites for hydroxylation is 1. The Morgan fingerprint density at radius 2 is 1.57 bits per heavy atom. The normalized spacial score (nSPS) is 19.7. The molecule has 0 unspecified atom stereocenters. The second kappa shape index (κ2) is 8.40. The molecule has 3 rings (SSSR count). The molecule has 2 aromatic rings. The quantitative estimate of drug-likeness (QED) is 0.472. The van der Waals surface area contributed by atoms with Crippen LogP contribution in [0, 0.1) is 12.3 Å². The third-order valence-corrected chi connectivity index (χ3v) is 7.73. The first-order chi connectivity index (χ1) is 14.2. The summed E-state index contributed by atoms with van der Waals surface area (Å²) >= 11 is 6.11. The number of hydrogen-bond acceptors (Lipinski definition) is 6. The van der Waals surface area contributed by atoms with Crippen molar-refractivity contribution < 1.29 is 27.5 Å². The Morgan fingerprint density at radius 3 is 2.07 bits per heavy atom. The van der Waals surface area contributed by atoms with E-state index in [4.69, 9.17) is 21.1 Å². The molecule has 1 aliphatic rings. The molecular weight excluding hydrogens is 428 g/mol. The number of benzene rings is 2. The van der Waals surface area contributed by atoms with E-state index in [0.29, 0.717) is 10.6 Å². The first-order valence-corrected chi connectivity index (χ1v) is 11.5. The van der Waals surface area contributed by atoms with Crippen LogP contribution in [-0.2, 0) is 28.9 Å². The summed E-state index contributed by atoms with van der Waals surface area (Å²) in [6.07, 6.45) is 0. The molecule has 1 fully saturated rings. The molecule has 160 valence electrons. The molecule has 0 aromatic heterocycles. The molecular formula is C22H23ClO6S. The van der Waals surface area contributed by atoms with Crippen molar-refractivity contribution in [3.63, 3.8) is 0 Å². The molecule has 6 nitrogen and oxygen atoms in total. The van der Waals surface area contributed by atoms with Gasteiger partial charge in [0.2, 0.25) is 0 Å². The van der Waals surface area contributed by atoms with E-state index in [9.17, 15) is 18.0 Å². The van der Waals surface area contributed by atoms with E-state index in [2.05, 4.69) is 0 Å². The molecule has 30 heavy (non-hydrogen) atoms. The molecule has 0 spiro atoms. The Labute approximate surface area is 181 Å². The van der Waals surface area contributed by atoms with Gasteiger partial charge < -0.3 is 9.47 Å². The Balaban J connectivity index is 2.21. The number of ether oxygens (including phenoxy) is 2. The monoisotopic (exact) mass is 450 g/mol. The van der Waals surface area contributed by atoms with Crippen molar-refractivity contribution in [3.05, 3.63) is 64.7 Å². The summed E-state index contributed by atoms with van der Waals surface area (Å²) in [4.78, 5) is 26.1. The maximum absolute atomic E-state index is 13.6. The number of rotatable bonds is 7. The average Bonchev–Trinajstić information content (AvgIpc) is 3.41. The van der Waals surface area contributed by atoms with Gasteiger partial charge in [-0.05, 0) is 50.6 Å². The van der Waals surface area contributed by atoms with Crippen molar-refractivity contribution in [3.8, 4) is 0 Å². The van der Waals surface area contributed by atoms with Crippen LogP contribution < -0.4 is 0 Å². The van der Waals surface area contributed by atoms with E-state index >= 15 is 0 Å². The minimum absolute atomic E-state index is 0.000443. The minimum Gasteiger partial charge on any atom is -0.465 e. The van der Waals surface area contributed by atoms with Gasteiger partial charge in [-0.25, -0.2) is 8.42 Å². The van der Waals surface area contributed by atoms with Crippen LogP contribution in [0.2, 0.25) is 5.02 Å². The summed E-state index contributed by atoms with van der Waals surface area (Å²) in [6, 6.07) is 12.8. The number of hydrogen-bond donors (Lipinski definition) is 0. The van der Waals surface area contributed by atoms with Crippen LogP contribution >= 0.6 is 11.6 Å². The molecule has 0 bridgehead atoms. The average molecular weight is 451 g/mol. The highest BCUT2D eigenvalue weighted by atomic mass is 35.5. The zero-order chi connectivity index (χ0) is 22.1. The second-order valence-electron chi connectivity index (χ2n) is 7.12. The summed E-state index contributed by atoms with van der Waals surface area (Å²) < 4.78 is 37.4. The first-order valence-electron chi connectivity index (χ1n) is 9.61. The molecule has 0 heterocycles. The molecule has 0 N–H and O–H groups in total. The second-order valence-corrected chi connectivity index (χ2v) is 9.63. The van der Waals surface area contributed by atoms with Gasteiger partial charge in [0, 0.05) is 10.9 Å². The predicted molar refractivity (Wildman–Crippen MR) is 112 cm³/mol. The van der Waals surface area contributed by atoms with E-state index in [-0.39, 0.29) is 18.1 Å². The van der Waals surface area contributed by atoms with E-state index < -0.39 is 38.4 Å². The number of carbonyl (C=O) groups excluding carboxylic acids is 2. The molecule has 1 aliphatic carbocycles. The van der Waals surface area contributed by atoms with Crippen LogP contribution in [0.4, 0.5) is 0 Å². The molecule has 0 saturated heterocycles. The van der Waals surface area contributed by atoms with E-state index in [0.717, 1.165) is 5.56 Å². The highest BCUT2D eigenvalue weighted by molar-refractivity contribution is 7.92. The predicted octanol–water partition coefficient (Wildman–Crippen LogP) is 3.70. The fourth-order valence-corrected chi connectivity index (χ4v) is 6.35. The van der Waals surface area contributed by atoms with Crippen molar-refractivity contribution in [2.75, 3.05) is 13.2 Å². The smallest absolute Gasteiger partial charge is 0.325 e. The van der Waals surface area contributed by atoms with Gasteiger partial charge in [0.05, 0.1) is 18.1 Å². The van der Waals surface area contributed by atoms with Crippen molar-refractivity contribution >= 4 is 33.4 Å². The van der Waals surface area contributed by atoms with Crippen molar-refractivity contribution in [1.29, 1.82) is 0 Å². The zero-order valence-corrected chi connectivity index (χ0v) is 18.5. The Bertz CT molecular complexity index is 1040. The lowest BCUT2D eigenvalue weighted by molar-refractivity contribution is -0.164. The summed E-state index contributed by atoms with van der Waals surface area (Å²) in [5.41, 5.74) is -0.636. The number of sulfone groups is 1. The van der Waals surface area contributed by atoms with Crippen LogP contribution in [0.25, 0.3) is 0 Å². The molecule has 2 aromatic carbocycles. The van der Waals surface area contributed by atoms with Gasteiger partial charge in [-0.15, -0.1) is 0 Å².